The lowest BCUT2D eigenvalue weighted by Gasteiger charge is -1.99. The van der Waals surface area contributed by atoms with Gasteiger partial charge in [0.15, 0.2) is 5.78 Å². The minimum Gasteiger partial charge on any atom is -0.466 e. The molecule has 0 aliphatic heterocycles. The molecule has 3 rings (SSSR count). The summed E-state index contributed by atoms with van der Waals surface area (Å²) in [6.45, 7) is 3.56. The van der Waals surface area contributed by atoms with E-state index in [4.69, 9.17) is 4.42 Å². The van der Waals surface area contributed by atoms with Gasteiger partial charge in [-0.15, -0.1) is 0 Å². The first-order valence-electron chi connectivity index (χ1n) is 5.88. The summed E-state index contributed by atoms with van der Waals surface area (Å²) in [5, 5.41) is 0. The monoisotopic (exact) mass is 256 g/mol. The van der Waals surface area contributed by atoms with E-state index >= 15 is 0 Å². The van der Waals surface area contributed by atoms with Gasteiger partial charge >= 0.3 is 5.69 Å². The first-order valence-corrected chi connectivity index (χ1v) is 5.88. The Balaban J connectivity index is 2.10. The molecule has 0 saturated carbocycles. The molecule has 96 valence electrons. The SMILES string of the molecule is Cc1cc(C(=O)c2ccc3[nH]c(=O)[nH]c3c2)c(C)o1. The lowest BCUT2D eigenvalue weighted by Crippen LogP contribution is -2.01. The largest absolute Gasteiger partial charge is 0.466 e. The summed E-state index contributed by atoms with van der Waals surface area (Å²) >= 11 is 0. The molecule has 2 aromatic heterocycles. The van der Waals surface area contributed by atoms with E-state index in [2.05, 4.69) is 9.97 Å². The second kappa shape index (κ2) is 3.98. The van der Waals surface area contributed by atoms with E-state index in [9.17, 15) is 9.59 Å². The molecule has 0 aliphatic carbocycles. The van der Waals surface area contributed by atoms with Crippen molar-refractivity contribution >= 4 is 16.8 Å². The maximum atomic E-state index is 12.4. The van der Waals surface area contributed by atoms with Gasteiger partial charge in [0.1, 0.15) is 11.5 Å². The molecular formula is C14H12N2O3. The van der Waals surface area contributed by atoms with Crippen molar-refractivity contribution in [1.29, 1.82) is 0 Å². The Morgan fingerprint density at radius 2 is 1.84 bits per heavy atom. The lowest BCUT2D eigenvalue weighted by molar-refractivity contribution is 0.103. The van der Waals surface area contributed by atoms with Gasteiger partial charge in [-0.2, -0.15) is 0 Å². The molecule has 19 heavy (non-hydrogen) atoms. The number of nitrogens with one attached hydrogen (secondary N) is 2. The van der Waals surface area contributed by atoms with Crippen molar-refractivity contribution in [2.75, 3.05) is 0 Å². The van der Waals surface area contributed by atoms with E-state index < -0.39 is 0 Å². The van der Waals surface area contributed by atoms with Gasteiger partial charge in [-0.05, 0) is 38.1 Å². The number of aromatic nitrogens is 2. The first-order chi connectivity index (χ1) is 9.04. The molecule has 1 aromatic carbocycles. The third-order valence-electron chi connectivity index (χ3n) is 3.06. The van der Waals surface area contributed by atoms with Gasteiger partial charge in [-0.25, -0.2) is 4.79 Å². The minimum absolute atomic E-state index is 0.113. The van der Waals surface area contributed by atoms with E-state index in [1.807, 2.05) is 0 Å². The Hall–Kier alpha value is -2.56. The fourth-order valence-electron chi connectivity index (χ4n) is 2.19. The number of H-pyrrole nitrogens is 2. The van der Waals surface area contributed by atoms with Crippen molar-refractivity contribution < 1.29 is 9.21 Å². The summed E-state index contributed by atoms with van der Waals surface area (Å²) in [6, 6.07) is 6.79. The maximum Gasteiger partial charge on any atom is 0.323 e. The topological polar surface area (TPSA) is 78.9 Å². The summed E-state index contributed by atoms with van der Waals surface area (Å²) in [6.07, 6.45) is 0. The number of carbonyl (C=O) groups excluding carboxylic acids is 1. The molecule has 0 radical (unpaired) electrons. The van der Waals surface area contributed by atoms with Crippen LogP contribution < -0.4 is 5.69 Å². The van der Waals surface area contributed by atoms with Crippen LogP contribution in [0.5, 0.6) is 0 Å². The molecule has 0 fully saturated rings. The number of hydrogen-bond acceptors (Lipinski definition) is 3. The molecule has 0 spiro atoms. The molecule has 0 amide bonds. The quantitative estimate of drug-likeness (QED) is 0.690. The second-order valence-corrected chi connectivity index (χ2v) is 4.50. The molecule has 0 aliphatic rings. The summed E-state index contributed by atoms with van der Waals surface area (Å²) in [5.41, 5.74) is 2.09. The van der Waals surface area contributed by atoms with Gasteiger partial charge < -0.3 is 14.4 Å². The van der Waals surface area contributed by atoms with E-state index in [1.54, 1.807) is 38.1 Å². The molecule has 3 aromatic rings. The predicted molar refractivity (Wildman–Crippen MR) is 70.5 cm³/mol. The molecule has 0 unspecified atom stereocenters. The van der Waals surface area contributed by atoms with Crippen LogP contribution in [-0.4, -0.2) is 15.8 Å². The zero-order valence-corrected chi connectivity index (χ0v) is 10.5. The van der Waals surface area contributed by atoms with Gasteiger partial charge in [0.05, 0.1) is 16.6 Å². The van der Waals surface area contributed by atoms with Crippen molar-refractivity contribution in [1.82, 2.24) is 9.97 Å². The predicted octanol–water partition coefficient (Wildman–Crippen LogP) is 2.30. The van der Waals surface area contributed by atoms with Crippen LogP contribution in [0.2, 0.25) is 0 Å². The van der Waals surface area contributed by atoms with Crippen LogP contribution in [0.1, 0.15) is 27.4 Å². The number of aromatic amines is 2. The summed E-state index contributed by atoms with van der Waals surface area (Å²) in [5.74, 6) is 1.19. The van der Waals surface area contributed by atoms with Gasteiger partial charge in [0.2, 0.25) is 0 Å². The third kappa shape index (κ3) is 1.89. The molecule has 2 N–H and O–H groups in total. The van der Waals surface area contributed by atoms with Crippen LogP contribution in [0.3, 0.4) is 0 Å². The number of rotatable bonds is 2. The van der Waals surface area contributed by atoms with E-state index in [-0.39, 0.29) is 11.5 Å². The fraction of sp³-hybridized carbons (Fsp3) is 0.143. The number of hydrogen-bond donors (Lipinski definition) is 2. The van der Waals surface area contributed by atoms with Gasteiger partial charge in [-0.1, -0.05) is 0 Å². The normalized spacial score (nSPS) is 11.1. The molecule has 2 heterocycles. The van der Waals surface area contributed by atoms with Gasteiger partial charge in [0, 0.05) is 5.56 Å². The van der Waals surface area contributed by atoms with Crippen molar-refractivity contribution in [3.63, 3.8) is 0 Å². The number of furan rings is 1. The highest BCUT2D eigenvalue weighted by molar-refractivity contribution is 6.10. The molecule has 5 heteroatoms. The molecule has 5 nitrogen and oxygen atoms in total. The smallest absolute Gasteiger partial charge is 0.323 e. The van der Waals surface area contributed by atoms with Gasteiger partial charge in [0.25, 0.3) is 0 Å². The van der Waals surface area contributed by atoms with E-state index in [1.165, 1.54) is 0 Å². The summed E-state index contributed by atoms with van der Waals surface area (Å²) in [7, 11) is 0. The van der Waals surface area contributed by atoms with Crippen LogP contribution >= 0.6 is 0 Å². The summed E-state index contributed by atoms with van der Waals surface area (Å²) in [4.78, 5) is 28.8. The Morgan fingerprint density at radius 3 is 2.53 bits per heavy atom. The zero-order valence-electron chi connectivity index (χ0n) is 10.5. The Bertz CT molecular complexity index is 836. The molecule has 0 saturated heterocycles. The van der Waals surface area contributed by atoms with Crippen LogP contribution in [0.4, 0.5) is 0 Å². The highest BCUT2D eigenvalue weighted by Gasteiger charge is 2.16. The van der Waals surface area contributed by atoms with Crippen LogP contribution in [-0.2, 0) is 0 Å². The minimum atomic E-state index is -0.282. The number of imidazole rings is 1. The number of benzene rings is 1. The zero-order chi connectivity index (χ0) is 13.6. The summed E-state index contributed by atoms with van der Waals surface area (Å²) < 4.78 is 5.36. The average molecular weight is 256 g/mol. The van der Waals surface area contributed by atoms with Crippen molar-refractivity contribution in [2.45, 2.75) is 13.8 Å². The Labute approximate surface area is 108 Å². The van der Waals surface area contributed by atoms with Crippen molar-refractivity contribution in [3.05, 3.63) is 57.4 Å². The standard InChI is InChI=1S/C14H12N2O3/c1-7-5-10(8(2)19-7)13(17)9-3-4-11-12(6-9)16-14(18)15-11/h3-6H,1-2H3,(H2,15,16,18). The number of aryl methyl sites for hydroxylation is 2. The highest BCUT2D eigenvalue weighted by Crippen LogP contribution is 2.19. The van der Waals surface area contributed by atoms with Crippen molar-refractivity contribution in [3.8, 4) is 0 Å². The van der Waals surface area contributed by atoms with Crippen LogP contribution in [0.25, 0.3) is 11.0 Å². The van der Waals surface area contributed by atoms with E-state index in [0.717, 1.165) is 0 Å². The lowest BCUT2D eigenvalue weighted by atomic mass is 10.0. The van der Waals surface area contributed by atoms with Crippen LogP contribution in [0, 0.1) is 13.8 Å². The second-order valence-electron chi connectivity index (χ2n) is 4.50. The van der Waals surface area contributed by atoms with Crippen LogP contribution in [0.15, 0.2) is 33.5 Å². The van der Waals surface area contributed by atoms with Gasteiger partial charge in [-0.3, -0.25) is 4.79 Å². The maximum absolute atomic E-state index is 12.4. The Morgan fingerprint density at radius 1 is 1.11 bits per heavy atom. The third-order valence-corrected chi connectivity index (χ3v) is 3.06. The molecule has 0 bridgehead atoms. The number of carbonyl (C=O) groups is 1. The highest BCUT2D eigenvalue weighted by atomic mass is 16.3. The van der Waals surface area contributed by atoms with Crippen molar-refractivity contribution in [2.24, 2.45) is 0 Å². The fourth-order valence-corrected chi connectivity index (χ4v) is 2.19. The average Bonchev–Trinajstić information content (AvgIpc) is 2.88. The molecular weight excluding hydrogens is 244 g/mol. The number of fused-ring (bicyclic) bond motifs is 1. The van der Waals surface area contributed by atoms with E-state index in [0.29, 0.717) is 33.7 Å². The first kappa shape index (κ1) is 11.5. The Kier molecular flexibility index (Phi) is 2.41. The number of ketones is 1. The molecule has 0 atom stereocenters.